The van der Waals surface area contributed by atoms with Gasteiger partial charge in [-0.05, 0) is 30.3 Å². The van der Waals surface area contributed by atoms with Crippen molar-refractivity contribution in [1.82, 2.24) is 10.2 Å². The number of nitrogens with one attached hydrogen (secondary N) is 1. The molecule has 0 spiro atoms. The Bertz CT molecular complexity index is 1450. The van der Waals surface area contributed by atoms with Crippen molar-refractivity contribution in [1.29, 1.82) is 0 Å². The predicted octanol–water partition coefficient (Wildman–Crippen LogP) is 4.45. The molecule has 1 aromatic heterocycles. The van der Waals surface area contributed by atoms with Gasteiger partial charge in [0.05, 0.1) is 17.1 Å². The molecule has 34 heavy (non-hydrogen) atoms. The van der Waals surface area contributed by atoms with E-state index >= 15 is 0 Å². The van der Waals surface area contributed by atoms with Crippen LogP contribution in [-0.2, 0) is 14.8 Å². The Morgan fingerprint density at radius 3 is 2.47 bits per heavy atom. The summed E-state index contributed by atoms with van der Waals surface area (Å²) in [5.74, 6) is -0.304. The number of hydrogen-bond donors (Lipinski definition) is 1. The number of carbonyl (C=O) groups excluding carboxylic acids is 1. The normalized spacial score (nSPS) is 15.3. The minimum atomic E-state index is -3.97. The van der Waals surface area contributed by atoms with Crippen molar-refractivity contribution in [3.05, 3.63) is 83.9 Å². The summed E-state index contributed by atoms with van der Waals surface area (Å²) < 4.78 is 33.8. The maximum atomic E-state index is 13.4. The molecule has 0 unspecified atom stereocenters. The number of halogens is 1. The number of anilines is 2. The number of amides is 1. The molecule has 0 saturated carbocycles. The molecule has 1 N–H and O–H groups in total. The fourth-order valence-corrected chi connectivity index (χ4v) is 5.87. The van der Waals surface area contributed by atoms with Crippen LogP contribution in [-0.4, -0.2) is 37.2 Å². The van der Waals surface area contributed by atoms with Crippen LogP contribution in [0.25, 0.3) is 10.6 Å². The van der Waals surface area contributed by atoms with Crippen LogP contribution in [0.4, 0.5) is 10.8 Å². The van der Waals surface area contributed by atoms with Crippen LogP contribution in [0, 0.1) is 0 Å². The number of fused-ring (bicyclic) bond motifs is 1. The fraction of sp³-hybridized carbons (Fsp3) is 0.0870. The van der Waals surface area contributed by atoms with Crippen LogP contribution in [0.1, 0.15) is 0 Å². The summed E-state index contributed by atoms with van der Waals surface area (Å²) in [6.45, 7) is -0.235. The number of sulfonamides is 1. The summed E-state index contributed by atoms with van der Waals surface area (Å²) >= 11 is 7.34. The summed E-state index contributed by atoms with van der Waals surface area (Å²) in [5.41, 5.74) is 1.14. The van der Waals surface area contributed by atoms with Crippen molar-refractivity contribution in [2.45, 2.75) is 11.0 Å². The van der Waals surface area contributed by atoms with Crippen LogP contribution >= 0.6 is 22.9 Å². The molecule has 1 amide bonds. The van der Waals surface area contributed by atoms with Gasteiger partial charge in [0.25, 0.3) is 15.9 Å². The molecule has 3 aromatic carbocycles. The molecule has 1 aliphatic rings. The Kier molecular flexibility index (Phi) is 5.94. The lowest BCUT2D eigenvalue weighted by molar-refractivity contribution is -0.122. The van der Waals surface area contributed by atoms with Crippen molar-refractivity contribution in [3.8, 4) is 16.3 Å². The van der Waals surface area contributed by atoms with Gasteiger partial charge in [-0.25, -0.2) is 8.42 Å². The molecule has 0 fully saturated rings. The largest absolute Gasteiger partial charge is 0.476 e. The van der Waals surface area contributed by atoms with Gasteiger partial charge in [-0.1, -0.05) is 71.5 Å². The van der Waals surface area contributed by atoms with E-state index in [4.69, 9.17) is 16.3 Å². The number of aromatic nitrogens is 2. The highest BCUT2D eigenvalue weighted by Crippen LogP contribution is 2.39. The first-order chi connectivity index (χ1) is 16.4. The highest BCUT2D eigenvalue weighted by Gasteiger charge is 2.38. The predicted molar refractivity (Wildman–Crippen MR) is 131 cm³/mol. The Morgan fingerprint density at radius 1 is 1.03 bits per heavy atom. The van der Waals surface area contributed by atoms with E-state index in [-0.39, 0.29) is 28.0 Å². The zero-order valence-corrected chi connectivity index (χ0v) is 19.8. The number of benzene rings is 3. The van der Waals surface area contributed by atoms with Gasteiger partial charge < -0.3 is 4.74 Å². The number of nitrogens with zero attached hydrogens (tertiary/aromatic N) is 3. The van der Waals surface area contributed by atoms with Gasteiger partial charge in [-0.3, -0.25) is 14.4 Å². The monoisotopic (exact) mass is 512 g/mol. The second-order valence-corrected chi connectivity index (χ2v) is 10.6. The highest BCUT2D eigenvalue weighted by molar-refractivity contribution is 7.92. The highest BCUT2D eigenvalue weighted by atomic mass is 35.5. The maximum absolute atomic E-state index is 13.4. The van der Waals surface area contributed by atoms with Gasteiger partial charge >= 0.3 is 0 Å². The number of carbonyl (C=O) groups is 1. The van der Waals surface area contributed by atoms with Crippen LogP contribution in [0.15, 0.2) is 83.8 Å². The Morgan fingerprint density at radius 2 is 1.74 bits per heavy atom. The van der Waals surface area contributed by atoms with Crippen molar-refractivity contribution < 1.29 is 17.9 Å². The van der Waals surface area contributed by atoms with E-state index in [1.165, 1.54) is 29.5 Å². The van der Waals surface area contributed by atoms with E-state index in [1.807, 2.05) is 30.3 Å². The van der Waals surface area contributed by atoms with E-state index in [9.17, 15) is 13.2 Å². The molecule has 172 valence electrons. The Labute approximate surface area is 204 Å². The molecular formula is C23H17ClN4O4S2. The summed E-state index contributed by atoms with van der Waals surface area (Å²) in [4.78, 5) is 13.2. The average Bonchev–Trinajstić information content (AvgIpc) is 3.33. The Hall–Kier alpha value is -3.47. The second kappa shape index (κ2) is 9.05. The molecule has 0 bridgehead atoms. The molecule has 5 rings (SSSR count). The van der Waals surface area contributed by atoms with E-state index in [0.717, 1.165) is 9.87 Å². The molecule has 0 radical (unpaired) electrons. The third-order valence-corrected chi connectivity index (χ3v) is 8.01. The lowest BCUT2D eigenvalue weighted by Crippen LogP contribution is -2.48. The molecule has 11 heteroatoms. The van der Waals surface area contributed by atoms with E-state index in [0.29, 0.717) is 10.0 Å². The topological polar surface area (TPSA) is 101 Å². The van der Waals surface area contributed by atoms with Gasteiger partial charge in [0.1, 0.15) is 10.8 Å². The number of rotatable bonds is 5. The van der Waals surface area contributed by atoms with Crippen LogP contribution < -0.4 is 14.4 Å². The zero-order valence-electron chi connectivity index (χ0n) is 17.5. The van der Waals surface area contributed by atoms with E-state index < -0.39 is 22.0 Å². The lowest BCUT2D eigenvalue weighted by Gasteiger charge is -2.34. The molecule has 0 saturated heterocycles. The average molecular weight is 513 g/mol. The lowest BCUT2D eigenvalue weighted by atomic mass is 10.2. The molecule has 2 heterocycles. The van der Waals surface area contributed by atoms with Gasteiger partial charge in [0.2, 0.25) is 5.13 Å². The zero-order chi connectivity index (χ0) is 23.7. The van der Waals surface area contributed by atoms with Crippen molar-refractivity contribution in [2.24, 2.45) is 0 Å². The quantitative estimate of drug-likeness (QED) is 0.424. The third kappa shape index (κ3) is 4.35. The summed E-state index contributed by atoms with van der Waals surface area (Å²) in [6, 6.07) is 22.1. The minimum Gasteiger partial charge on any atom is -0.476 e. The van der Waals surface area contributed by atoms with Crippen molar-refractivity contribution in [2.75, 3.05) is 16.2 Å². The number of ether oxygens (including phenoxy) is 1. The first-order valence-corrected chi connectivity index (χ1v) is 12.8. The molecular weight excluding hydrogens is 496 g/mol. The second-order valence-electron chi connectivity index (χ2n) is 7.34. The molecule has 1 atom stereocenters. The molecule has 4 aromatic rings. The first-order valence-electron chi connectivity index (χ1n) is 10.2. The summed E-state index contributed by atoms with van der Waals surface area (Å²) in [6.07, 6.45) is -1.11. The van der Waals surface area contributed by atoms with Crippen LogP contribution in [0.2, 0.25) is 5.02 Å². The standard InChI is InChI=1S/C23H17ClN4O4S2/c24-16-11-12-19-18(13-16)28(34(30,31)17-9-5-2-6-10-17)14-20(32-19)21(29)25-23-27-26-22(33-23)15-7-3-1-4-8-15/h1-13,20H,14H2,(H,25,27,29)/t20-/m1/s1. The van der Waals surface area contributed by atoms with Gasteiger partial charge in [-0.15, -0.1) is 10.2 Å². The van der Waals surface area contributed by atoms with Gasteiger partial charge in [-0.2, -0.15) is 0 Å². The summed E-state index contributed by atoms with van der Waals surface area (Å²) in [7, 11) is -3.97. The third-order valence-electron chi connectivity index (χ3n) is 5.09. The fourth-order valence-electron chi connectivity index (χ4n) is 3.47. The first kappa shape index (κ1) is 22.3. The number of hydrogen-bond acceptors (Lipinski definition) is 7. The van der Waals surface area contributed by atoms with Gasteiger partial charge in [0, 0.05) is 10.6 Å². The van der Waals surface area contributed by atoms with E-state index in [1.54, 1.807) is 30.3 Å². The molecule has 1 aliphatic heterocycles. The Balaban J connectivity index is 1.43. The van der Waals surface area contributed by atoms with Crippen molar-refractivity contribution >= 4 is 49.7 Å². The van der Waals surface area contributed by atoms with E-state index in [2.05, 4.69) is 15.5 Å². The molecule has 0 aliphatic carbocycles. The van der Waals surface area contributed by atoms with Crippen LogP contribution in [0.5, 0.6) is 5.75 Å². The van der Waals surface area contributed by atoms with Crippen LogP contribution in [0.3, 0.4) is 0 Å². The van der Waals surface area contributed by atoms with Gasteiger partial charge in [0.15, 0.2) is 6.10 Å². The molecule has 8 nitrogen and oxygen atoms in total. The smallest absolute Gasteiger partial charge is 0.269 e. The summed E-state index contributed by atoms with van der Waals surface area (Å²) in [5, 5.41) is 12.1. The maximum Gasteiger partial charge on any atom is 0.269 e. The minimum absolute atomic E-state index is 0.0959. The SMILES string of the molecule is O=C(Nc1nnc(-c2ccccc2)s1)[C@H]1CN(S(=O)(=O)c2ccccc2)c2cc(Cl)ccc2O1. The van der Waals surface area contributed by atoms with Crippen molar-refractivity contribution in [3.63, 3.8) is 0 Å².